The van der Waals surface area contributed by atoms with Crippen LogP contribution in [0.1, 0.15) is 30.2 Å². The smallest absolute Gasteiger partial charge is 0.143 e. The monoisotopic (exact) mass is 262 g/mol. The lowest BCUT2D eigenvalue weighted by Crippen LogP contribution is -2.04. The molecule has 0 aliphatic carbocycles. The summed E-state index contributed by atoms with van der Waals surface area (Å²) in [6.45, 7) is 3.95. The first-order chi connectivity index (χ1) is 8.58. The summed E-state index contributed by atoms with van der Waals surface area (Å²) >= 11 is 1.76. The third-order valence-corrected chi connectivity index (χ3v) is 3.96. The largest absolute Gasteiger partial charge is 0.324 e. The molecule has 0 aliphatic rings. The molecule has 5 heteroatoms. The van der Waals surface area contributed by atoms with Gasteiger partial charge in [-0.15, -0.1) is 22.0 Å². The van der Waals surface area contributed by atoms with E-state index in [1.165, 1.54) is 4.90 Å². The Morgan fingerprint density at radius 1 is 1.28 bits per heavy atom. The van der Waals surface area contributed by atoms with Crippen LogP contribution in [0.3, 0.4) is 0 Å². The Bertz CT molecular complexity index is 516. The number of rotatable bonds is 4. The molecule has 0 saturated carbocycles. The van der Waals surface area contributed by atoms with Crippen LogP contribution < -0.4 is 5.73 Å². The molecule has 1 aromatic heterocycles. The fourth-order valence-electron chi connectivity index (χ4n) is 1.59. The zero-order valence-corrected chi connectivity index (χ0v) is 11.7. The molecule has 0 saturated heterocycles. The number of nitrogens with two attached hydrogens (primary N) is 1. The first kappa shape index (κ1) is 13.1. The van der Waals surface area contributed by atoms with Gasteiger partial charge in [-0.05, 0) is 31.5 Å². The van der Waals surface area contributed by atoms with Gasteiger partial charge in [0.2, 0.25) is 0 Å². The van der Waals surface area contributed by atoms with Crippen molar-refractivity contribution >= 4 is 11.8 Å². The van der Waals surface area contributed by atoms with Crippen LogP contribution >= 0.6 is 11.8 Å². The summed E-state index contributed by atoms with van der Waals surface area (Å²) in [6, 6.07) is 8.45. The minimum absolute atomic E-state index is 0.0884. The normalized spacial score (nSPS) is 12.7. The van der Waals surface area contributed by atoms with E-state index >= 15 is 0 Å². The number of thioether (sulfide) groups is 1. The van der Waals surface area contributed by atoms with E-state index in [1.54, 1.807) is 11.8 Å². The fourth-order valence-corrected chi connectivity index (χ4v) is 2.47. The zero-order valence-electron chi connectivity index (χ0n) is 10.9. The predicted octanol–water partition coefficient (Wildman–Crippen LogP) is 2.44. The number of aromatic nitrogens is 3. The highest BCUT2D eigenvalue weighted by molar-refractivity contribution is 7.98. The quantitative estimate of drug-likeness (QED) is 0.860. The van der Waals surface area contributed by atoms with Gasteiger partial charge < -0.3 is 10.3 Å². The van der Waals surface area contributed by atoms with E-state index in [-0.39, 0.29) is 6.04 Å². The van der Waals surface area contributed by atoms with Crippen LogP contribution in [0.25, 0.3) is 0 Å². The van der Waals surface area contributed by atoms with Gasteiger partial charge >= 0.3 is 0 Å². The maximum absolute atomic E-state index is 5.82. The van der Waals surface area contributed by atoms with Crippen LogP contribution in [0.15, 0.2) is 29.2 Å². The van der Waals surface area contributed by atoms with E-state index in [0.717, 1.165) is 23.0 Å². The van der Waals surface area contributed by atoms with E-state index in [1.807, 2.05) is 25.5 Å². The Hall–Kier alpha value is -1.33. The molecule has 0 spiro atoms. The topological polar surface area (TPSA) is 56.7 Å². The molecule has 1 unspecified atom stereocenters. The fraction of sp³-hybridized carbons (Fsp3) is 0.385. The van der Waals surface area contributed by atoms with Gasteiger partial charge in [0.1, 0.15) is 11.6 Å². The molecule has 0 aliphatic heterocycles. The number of benzene rings is 1. The minimum Gasteiger partial charge on any atom is -0.324 e. The van der Waals surface area contributed by atoms with Gasteiger partial charge in [0, 0.05) is 18.0 Å². The molecule has 1 heterocycles. The second-order valence-corrected chi connectivity index (χ2v) is 5.42. The van der Waals surface area contributed by atoms with Crippen molar-refractivity contribution in [3.05, 3.63) is 41.5 Å². The Morgan fingerprint density at radius 3 is 2.44 bits per heavy atom. The van der Waals surface area contributed by atoms with Crippen molar-refractivity contribution in [2.24, 2.45) is 12.8 Å². The second-order valence-electron chi connectivity index (χ2n) is 4.37. The number of aryl methyl sites for hydroxylation is 1. The Labute approximate surface area is 112 Å². The van der Waals surface area contributed by atoms with Gasteiger partial charge in [-0.2, -0.15) is 0 Å². The van der Waals surface area contributed by atoms with E-state index in [0.29, 0.717) is 0 Å². The van der Waals surface area contributed by atoms with E-state index in [9.17, 15) is 0 Å². The summed E-state index contributed by atoms with van der Waals surface area (Å²) in [6.07, 6.45) is 0. The van der Waals surface area contributed by atoms with Gasteiger partial charge in [0.15, 0.2) is 0 Å². The molecule has 0 fully saturated rings. The van der Waals surface area contributed by atoms with Gasteiger partial charge in [-0.25, -0.2) is 0 Å². The van der Waals surface area contributed by atoms with Crippen LogP contribution in [0.5, 0.6) is 0 Å². The summed E-state index contributed by atoms with van der Waals surface area (Å²) in [4.78, 5) is 1.22. The molecule has 2 aromatic rings. The second kappa shape index (κ2) is 5.54. The van der Waals surface area contributed by atoms with Crippen molar-refractivity contribution in [2.75, 3.05) is 0 Å². The summed E-state index contributed by atoms with van der Waals surface area (Å²) in [7, 11) is 1.99. The predicted molar refractivity (Wildman–Crippen MR) is 74.3 cm³/mol. The van der Waals surface area contributed by atoms with Crippen molar-refractivity contribution in [3.8, 4) is 0 Å². The molecule has 2 N–H and O–H groups in total. The average molecular weight is 262 g/mol. The molecule has 1 aromatic carbocycles. The highest BCUT2D eigenvalue weighted by Gasteiger charge is 2.05. The summed E-state index contributed by atoms with van der Waals surface area (Å²) < 4.78 is 2.02. The van der Waals surface area contributed by atoms with E-state index in [2.05, 4.69) is 34.5 Å². The van der Waals surface area contributed by atoms with Crippen molar-refractivity contribution in [2.45, 2.75) is 30.5 Å². The molecule has 2 rings (SSSR count). The molecule has 96 valence electrons. The Morgan fingerprint density at radius 2 is 1.94 bits per heavy atom. The summed E-state index contributed by atoms with van der Waals surface area (Å²) in [5, 5.41) is 8.20. The molecule has 0 bridgehead atoms. The van der Waals surface area contributed by atoms with E-state index < -0.39 is 0 Å². The molecule has 1 atom stereocenters. The van der Waals surface area contributed by atoms with Crippen LogP contribution in [0.2, 0.25) is 0 Å². The summed E-state index contributed by atoms with van der Waals surface area (Å²) in [5.41, 5.74) is 6.98. The molecule has 4 nitrogen and oxygen atoms in total. The van der Waals surface area contributed by atoms with Crippen LogP contribution in [-0.2, 0) is 12.8 Å². The molecular formula is C13H18N4S. The number of hydrogen-bond acceptors (Lipinski definition) is 4. The molecule has 18 heavy (non-hydrogen) atoms. The summed E-state index contributed by atoms with van der Waals surface area (Å²) in [5.74, 6) is 2.76. The number of nitrogens with zero attached hydrogens (tertiary/aromatic N) is 3. The lowest BCUT2D eigenvalue weighted by atomic mass is 10.1. The van der Waals surface area contributed by atoms with Crippen molar-refractivity contribution < 1.29 is 0 Å². The lowest BCUT2D eigenvalue weighted by molar-refractivity contribution is 0.815. The van der Waals surface area contributed by atoms with Crippen molar-refractivity contribution in [3.63, 3.8) is 0 Å². The van der Waals surface area contributed by atoms with Gasteiger partial charge in [-0.1, -0.05) is 12.1 Å². The third-order valence-electron chi connectivity index (χ3n) is 2.96. The molecule has 0 amide bonds. The third kappa shape index (κ3) is 2.91. The highest BCUT2D eigenvalue weighted by Crippen LogP contribution is 2.23. The zero-order chi connectivity index (χ0) is 13.1. The average Bonchev–Trinajstić information content (AvgIpc) is 2.68. The maximum Gasteiger partial charge on any atom is 0.143 e. The highest BCUT2D eigenvalue weighted by atomic mass is 32.2. The van der Waals surface area contributed by atoms with E-state index in [4.69, 9.17) is 5.73 Å². The molecule has 0 radical (unpaired) electrons. The SMILES string of the molecule is Cc1nnc(CSc2ccc(C(C)N)cc2)n1C. The minimum atomic E-state index is 0.0884. The van der Waals surface area contributed by atoms with Crippen molar-refractivity contribution in [1.29, 1.82) is 0 Å². The van der Waals surface area contributed by atoms with Crippen LogP contribution in [0, 0.1) is 6.92 Å². The first-order valence-electron chi connectivity index (χ1n) is 5.91. The Kier molecular flexibility index (Phi) is 4.04. The Balaban J connectivity index is 2.00. The number of hydrogen-bond donors (Lipinski definition) is 1. The standard InChI is InChI=1S/C13H18N4S/c1-9(14)11-4-6-12(7-5-11)18-8-13-16-15-10(2)17(13)3/h4-7,9H,8,14H2,1-3H3. The van der Waals surface area contributed by atoms with Crippen molar-refractivity contribution in [1.82, 2.24) is 14.8 Å². The van der Waals surface area contributed by atoms with Gasteiger partial charge in [0.05, 0.1) is 5.75 Å². The van der Waals surface area contributed by atoms with Gasteiger partial charge in [0.25, 0.3) is 0 Å². The molecular weight excluding hydrogens is 244 g/mol. The van der Waals surface area contributed by atoms with Gasteiger partial charge in [-0.3, -0.25) is 0 Å². The van der Waals surface area contributed by atoms with Crippen LogP contribution in [-0.4, -0.2) is 14.8 Å². The maximum atomic E-state index is 5.82. The first-order valence-corrected chi connectivity index (χ1v) is 6.89. The van der Waals surface area contributed by atoms with Crippen LogP contribution in [0.4, 0.5) is 0 Å². The lowest BCUT2D eigenvalue weighted by Gasteiger charge is -2.06.